The first-order valence-electron chi connectivity index (χ1n) is 9.89. The number of benzene rings is 1. The summed E-state index contributed by atoms with van der Waals surface area (Å²) in [6.45, 7) is 3.57. The van der Waals surface area contributed by atoms with Crippen LogP contribution in [0.5, 0.6) is 0 Å². The summed E-state index contributed by atoms with van der Waals surface area (Å²) in [5.74, 6) is -0.391. The van der Waals surface area contributed by atoms with Crippen LogP contribution in [0.3, 0.4) is 0 Å². The molecule has 1 fully saturated rings. The summed E-state index contributed by atoms with van der Waals surface area (Å²) < 4.78 is 10.2. The van der Waals surface area contributed by atoms with Gasteiger partial charge in [0.15, 0.2) is 5.69 Å². The predicted octanol–water partition coefficient (Wildman–Crippen LogP) is 2.05. The van der Waals surface area contributed by atoms with Crippen molar-refractivity contribution in [1.29, 1.82) is 0 Å². The summed E-state index contributed by atoms with van der Waals surface area (Å²) in [4.78, 5) is 35.3. The molecule has 10 nitrogen and oxygen atoms in total. The SMILES string of the molecule is CSc1ccc(N2CCN(C(=O)OCCN(C)C)CC2)cc1NC(=O)c1coc(N)n1. The smallest absolute Gasteiger partial charge is 0.409 e. The predicted molar refractivity (Wildman–Crippen MR) is 121 cm³/mol. The molecule has 1 aliphatic heterocycles. The molecule has 0 bridgehead atoms. The number of oxazole rings is 1. The molecule has 0 radical (unpaired) electrons. The Morgan fingerprint density at radius 3 is 2.65 bits per heavy atom. The van der Waals surface area contributed by atoms with Crippen LogP contribution >= 0.6 is 11.8 Å². The van der Waals surface area contributed by atoms with Crippen molar-refractivity contribution in [1.82, 2.24) is 14.8 Å². The molecule has 1 aromatic heterocycles. The Bertz CT molecular complexity index is 911. The molecule has 3 N–H and O–H groups in total. The molecule has 0 aliphatic carbocycles. The summed E-state index contributed by atoms with van der Waals surface area (Å²) in [5, 5.41) is 2.88. The molecule has 1 aromatic carbocycles. The standard InChI is InChI=1S/C20H28N6O4S/c1-24(2)10-11-29-20(28)26-8-6-25(7-9-26)14-4-5-17(31-3)15(12-14)22-18(27)16-13-30-19(21)23-16/h4-5,12-13H,6-11H2,1-3H3,(H2,21,23)(H,22,27). The van der Waals surface area contributed by atoms with Crippen molar-refractivity contribution in [2.24, 2.45) is 0 Å². The van der Waals surface area contributed by atoms with Crippen molar-refractivity contribution >= 4 is 41.2 Å². The van der Waals surface area contributed by atoms with E-state index in [1.165, 1.54) is 18.0 Å². The molecule has 0 atom stereocenters. The number of nitrogen functional groups attached to an aromatic ring is 1. The minimum atomic E-state index is -0.391. The molecule has 31 heavy (non-hydrogen) atoms. The van der Waals surface area contributed by atoms with Crippen molar-refractivity contribution in [2.75, 3.05) is 75.6 Å². The van der Waals surface area contributed by atoms with Crippen LogP contribution in [-0.2, 0) is 4.74 Å². The second-order valence-corrected chi connectivity index (χ2v) is 8.15. The van der Waals surface area contributed by atoms with E-state index in [0.717, 1.165) is 10.6 Å². The molecule has 1 aliphatic rings. The lowest BCUT2D eigenvalue weighted by Gasteiger charge is -2.35. The Morgan fingerprint density at radius 1 is 1.29 bits per heavy atom. The molecule has 2 aromatic rings. The number of anilines is 3. The fourth-order valence-corrected chi connectivity index (χ4v) is 3.66. The normalized spacial score (nSPS) is 14.1. The van der Waals surface area contributed by atoms with E-state index >= 15 is 0 Å². The van der Waals surface area contributed by atoms with Crippen molar-refractivity contribution in [3.63, 3.8) is 0 Å². The number of piperazine rings is 1. The monoisotopic (exact) mass is 448 g/mol. The van der Waals surface area contributed by atoms with E-state index < -0.39 is 5.91 Å². The van der Waals surface area contributed by atoms with Crippen LogP contribution in [0.1, 0.15) is 10.5 Å². The number of nitrogens with two attached hydrogens (primary N) is 1. The minimum absolute atomic E-state index is 0.0536. The van der Waals surface area contributed by atoms with Crippen LogP contribution in [0.2, 0.25) is 0 Å². The molecule has 1 saturated heterocycles. The average Bonchev–Trinajstić information content (AvgIpc) is 3.20. The Morgan fingerprint density at radius 2 is 2.03 bits per heavy atom. The second kappa shape index (κ2) is 10.4. The molecule has 2 amide bonds. The van der Waals surface area contributed by atoms with Gasteiger partial charge in [0.1, 0.15) is 12.9 Å². The van der Waals surface area contributed by atoms with E-state index in [1.807, 2.05) is 43.5 Å². The number of carbonyl (C=O) groups excluding carboxylic acids is 2. The highest BCUT2D eigenvalue weighted by molar-refractivity contribution is 7.98. The lowest BCUT2D eigenvalue weighted by molar-refractivity contribution is 0.0940. The molecule has 0 saturated carbocycles. The number of nitrogens with one attached hydrogen (secondary N) is 1. The molecule has 3 rings (SSSR count). The second-order valence-electron chi connectivity index (χ2n) is 7.30. The highest BCUT2D eigenvalue weighted by Crippen LogP contribution is 2.31. The highest BCUT2D eigenvalue weighted by Gasteiger charge is 2.23. The summed E-state index contributed by atoms with van der Waals surface area (Å²) in [7, 11) is 3.87. The third-order valence-electron chi connectivity index (χ3n) is 4.85. The molecule has 168 valence electrons. The van der Waals surface area contributed by atoms with Gasteiger partial charge in [-0.05, 0) is 38.6 Å². The van der Waals surface area contributed by atoms with Crippen LogP contribution in [0.4, 0.5) is 22.2 Å². The first-order chi connectivity index (χ1) is 14.9. The zero-order valence-corrected chi connectivity index (χ0v) is 18.8. The van der Waals surface area contributed by atoms with Gasteiger partial charge in [0.2, 0.25) is 0 Å². The molecular weight excluding hydrogens is 420 g/mol. The molecule has 0 spiro atoms. The van der Waals surface area contributed by atoms with Crippen LogP contribution in [0, 0.1) is 0 Å². The summed E-state index contributed by atoms with van der Waals surface area (Å²) in [5.41, 5.74) is 7.22. The van der Waals surface area contributed by atoms with E-state index in [2.05, 4.69) is 15.2 Å². The molecular formula is C20H28N6O4S. The summed E-state index contributed by atoms with van der Waals surface area (Å²) >= 11 is 1.53. The Labute approximate surface area is 185 Å². The van der Waals surface area contributed by atoms with Crippen LogP contribution in [-0.4, -0.2) is 86.5 Å². The van der Waals surface area contributed by atoms with Crippen LogP contribution < -0.4 is 16.0 Å². The number of rotatable bonds is 7. The lowest BCUT2D eigenvalue weighted by Crippen LogP contribution is -2.49. The zero-order chi connectivity index (χ0) is 22.4. The van der Waals surface area contributed by atoms with Gasteiger partial charge in [-0.25, -0.2) is 4.79 Å². The van der Waals surface area contributed by atoms with Crippen molar-refractivity contribution in [3.8, 4) is 0 Å². The summed E-state index contributed by atoms with van der Waals surface area (Å²) in [6, 6.07) is 5.86. The first kappa shape index (κ1) is 22.8. The number of carbonyl (C=O) groups is 2. The number of amides is 2. The van der Waals surface area contributed by atoms with E-state index in [9.17, 15) is 9.59 Å². The van der Waals surface area contributed by atoms with E-state index in [-0.39, 0.29) is 17.8 Å². The maximum Gasteiger partial charge on any atom is 0.409 e. The number of ether oxygens (including phenoxy) is 1. The van der Waals surface area contributed by atoms with Gasteiger partial charge in [-0.15, -0.1) is 11.8 Å². The minimum Gasteiger partial charge on any atom is -0.448 e. The van der Waals surface area contributed by atoms with Crippen molar-refractivity contribution in [2.45, 2.75) is 4.90 Å². The van der Waals surface area contributed by atoms with E-state index in [0.29, 0.717) is 45.0 Å². The van der Waals surface area contributed by atoms with Crippen molar-refractivity contribution < 1.29 is 18.7 Å². The number of hydrogen-bond acceptors (Lipinski definition) is 9. The Hall–Kier alpha value is -2.92. The average molecular weight is 449 g/mol. The number of aromatic nitrogens is 1. The fraction of sp³-hybridized carbons (Fsp3) is 0.450. The largest absolute Gasteiger partial charge is 0.448 e. The van der Waals surface area contributed by atoms with Gasteiger partial charge in [0.25, 0.3) is 11.9 Å². The van der Waals surface area contributed by atoms with Crippen LogP contribution in [0.25, 0.3) is 0 Å². The van der Waals surface area contributed by atoms with Crippen LogP contribution in [0.15, 0.2) is 33.8 Å². The van der Waals surface area contributed by atoms with Gasteiger partial charge in [0.05, 0.1) is 5.69 Å². The van der Waals surface area contributed by atoms with Gasteiger partial charge in [-0.3, -0.25) is 4.79 Å². The topological polar surface area (TPSA) is 117 Å². The molecule has 11 heteroatoms. The number of nitrogens with zero attached hydrogens (tertiary/aromatic N) is 4. The maximum absolute atomic E-state index is 12.5. The van der Waals surface area contributed by atoms with Gasteiger partial charge in [0, 0.05) is 43.3 Å². The number of likely N-dealkylation sites (N-methyl/N-ethyl adjacent to an activating group) is 1. The number of hydrogen-bond donors (Lipinski definition) is 2. The third kappa shape index (κ3) is 6.05. The van der Waals surface area contributed by atoms with Crippen molar-refractivity contribution in [3.05, 3.63) is 30.2 Å². The summed E-state index contributed by atoms with van der Waals surface area (Å²) in [6.07, 6.45) is 2.89. The van der Waals surface area contributed by atoms with E-state index in [1.54, 1.807) is 4.90 Å². The molecule has 2 heterocycles. The maximum atomic E-state index is 12.5. The molecule has 0 unspecified atom stereocenters. The first-order valence-corrected chi connectivity index (χ1v) is 11.1. The fourth-order valence-electron chi connectivity index (χ4n) is 3.12. The lowest BCUT2D eigenvalue weighted by atomic mass is 10.2. The quantitative estimate of drug-likeness (QED) is 0.614. The third-order valence-corrected chi connectivity index (χ3v) is 5.65. The van der Waals surface area contributed by atoms with Gasteiger partial charge >= 0.3 is 6.09 Å². The zero-order valence-electron chi connectivity index (χ0n) is 18.0. The highest BCUT2D eigenvalue weighted by atomic mass is 32.2. The number of thioether (sulfide) groups is 1. The Kier molecular flexibility index (Phi) is 7.64. The van der Waals surface area contributed by atoms with E-state index in [4.69, 9.17) is 14.9 Å². The van der Waals surface area contributed by atoms with Gasteiger partial charge in [-0.1, -0.05) is 0 Å². The van der Waals surface area contributed by atoms with Gasteiger partial charge in [-0.2, -0.15) is 4.98 Å². The van der Waals surface area contributed by atoms with Gasteiger partial charge < -0.3 is 34.9 Å². The Balaban J connectivity index is 1.61.